The van der Waals surface area contributed by atoms with Crippen LogP contribution in [-0.2, 0) is 16.0 Å². The molecule has 1 heterocycles. The highest BCUT2D eigenvalue weighted by atomic mass is 16.5. The molecule has 1 fully saturated rings. The Hall–Kier alpha value is -0.940. The highest BCUT2D eigenvalue weighted by Gasteiger charge is 2.22. The van der Waals surface area contributed by atoms with E-state index in [4.69, 9.17) is 9.47 Å². The van der Waals surface area contributed by atoms with Gasteiger partial charge in [-0.05, 0) is 39.2 Å². The normalized spacial score (nSPS) is 20.1. The Bertz CT molecular complexity index is 438. The number of aliphatic hydroxyl groups is 1. The van der Waals surface area contributed by atoms with Crippen LogP contribution in [0.5, 0.6) is 0 Å². The third-order valence-electron chi connectivity index (χ3n) is 3.91. The van der Waals surface area contributed by atoms with Gasteiger partial charge in [-0.3, -0.25) is 4.90 Å². The molecule has 2 atom stereocenters. The molecule has 1 aliphatic heterocycles. The molecule has 4 heteroatoms. The molecule has 2 rings (SSSR count). The summed E-state index contributed by atoms with van der Waals surface area (Å²) in [5.41, 5.74) is 1.04. The third-order valence-corrected chi connectivity index (χ3v) is 3.91. The summed E-state index contributed by atoms with van der Waals surface area (Å²) in [5.74, 6) is 0. The van der Waals surface area contributed by atoms with Gasteiger partial charge >= 0.3 is 0 Å². The van der Waals surface area contributed by atoms with Crippen molar-refractivity contribution in [1.82, 2.24) is 4.90 Å². The van der Waals surface area contributed by atoms with Crippen molar-refractivity contribution in [2.45, 2.75) is 58.0 Å². The van der Waals surface area contributed by atoms with Crippen LogP contribution < -0.4 is 0 Å². The molecule has 0 saturated carbocycles. The van der Waals surface area contributed by atoms with Gasteiger partial charge < -0.3 is 14.6 Å². The summed E-state index contributed by atoms with van der Waals surface area (Å²) in [4.78, 5) is 2.28. The number of benzene rings is 1. The zero-order valence-corrected chi connectivity index (χ0v) is 14.7. The average molecular weight is 321 g/mol. The van der Waals surface area contributed by atoms with Gasteiger partial charge in [0.2, 0.25) is 0 Å². The van der Waals surface area contributed by atoms with E-state index in [2.05, 4.69) is 29.2 Å². The van der Waals surface area contributed by atoms with Gasteiger partial charge in [-0.25, -0.2) is 0 Å². The number of hydrogen-bond donors (Lipinski definition) is 1. The first-order valence-corrected chi connectivity index (χ1v) is 8.62. The molecule has 0 bridgehead atoms. The molecule has 23 heavy (non-hydrogen) atoms. The Morgan fingerprint density at radius 1 is 1.30 bits per heavy atom. The number of ether oxygens (including phenoxy) is 2. The largest absolute Gasteiger partial charge is 0.389 e. The molecule has 130 valence electrons. The summed E-state index contributed by atoms with van der Waals surface area (Å²) in [6, 6.07) is 10.4. The van der Waals surface area contributed by atoms with Crippen molar-refractivity contribution in [1.29, 1.82) is 0 Å². The number of rotatable bonds is 8. The van der Waals surface area contributed by atoms with Gasteiger partial charge in [0.1, 0.15) is 0 Å². The Balaban J connectivity index is 1.89. The second kappa shape index (κ2) is 8.78. The smallest absolute Gasteiger partial charge is 0.0900 e. The molecule has 0 amide bonds. The van der Waals surface area contributed by atoms with E-state index in [0.29, 0.717) is 13.2 Å². The Morgan fingerprint density at radius 2 is 2.04 bits per heavy atom. The van der Waals surface area contributed by atoms with Crippen LogP contribution >= 0.6 is 0 Å². The molecular weight excluding hydrogens is 290 g/mol. The van der Waals surface area contributed by atoms with E-state index in [0.717, 1.165) is 32.5 Å². The van der Waals surface area contributed by atoms with Gasteiger partial charge in [0, 0.05) is 26.2 Å². The van der Waals surface area contributed by atoms with Crippen LogP contribution in [0, 0.1) is 0 Å². The summed E-state index contributed by atoms with van der Waals surface area (Å²) in [5, 5.41) is 10.3. The second-order valence-electron chi connectivity index (χ2n) is 7.39. The molecule has 0 aliphatic carbocycles. The van der Waals surface area contributed by atoms with E-state index < -0.39 is 6.10 Å². The molecule has 1 N–H and O–H groups in total. The summed E-state index contributed by atoms with van der Waals surface area (Å²) in [7, 11) is 0. The second-order valence-corrected chi connectivity index (χ2v) is 7.39. The fourth-order valence-corrected chi connectivity index (χ4v) is 2.82. The summed E-state index contributed by atoms with van der Waals surface area (Å²) < 4.78 is 11.5. The highest BCUT2D eigenvalue weighted by Crippen LogP contribution is 2.16. The minimum absolute atomic E-state index is 0.222. The van der Waals surface area contributed by atoms with Crippen LogP contribution in [0.3, 0.4) is 0 Å². The predicted octanol–water partition coefficient (Wildman–Crippen LogP) is 2.84. The zero-order chi connectivity index (χ0) is 16.7. The lowest BCUT2D eigenvalue weighted by molar-refractivity contribution is -0.0594. The van der Waals surface area contributed by atoms with E-state index in [9.17, 15) is 5.11 Å². The highest BCUT2D eigenvalue weighted by molar-refractivity contribution is 5.14. The maximum Gasteiger partial charge on any atom is 0.0900 e. The SMILES string of the molecule is CC(C)(C)OC[C@@H](O)CN(Cc1ccccc1)C[C@@H]1CCCO1. The number of aliphatic hydroxyl groups excluding tert-OH is 1. The van der Waals surface area contributed by atoms with Gasteiger partial charge in [-0.1, -0.05) is 30.3 Å². The van der Waals surface area contributed by atoms with Crippen molar-refractivity contribution >= 4 is 0 Å². The van der Waals surface area contributed by atoms with Crippen LogP contribution in [0.2, 0.25) is 0 Å². The van der Waals surface area contributed by atoms with Crippen LogP contribution in [0.15, 0.2) is 30.3 Å². The summed E-state index contributed by atoms with van der Waals surface area (Å²) >= 11 is 0. The topological polar surface area (TPSA) is 41.9 Å². The maximum absolute atomic E-state index is 10.3. The van der Waals surface area contributed by atoms with Crippen molar-refractivity contribution in [3.05, 3.63) is 35.9 Å². The molecule has 1 saturated heterocycles. The standard InChI is InChI=1S/C19H31NO3/c1-19(2,3)23-15-17(21)13-20(14-18-10-7-11-22-18)12-16-8-5-4-6-9-16/h4-6,8-9,17-18,21H,7,10-15H2,1-3H3/t17-,18-/m0/s1. The Kier molecular flexibility index (Phi) is 7.03. The number of hydrogen-bond acceptors (Lipinski definition) is 4. The van der Waals surface area contributed by atoms with Gasteiger partial charge in [0.15, 0.2) is 0 Å². The third kappa shape index (κ3) is 7.44. The summed E-state index contributed by atoms with van der Waals surface area (Å²) in [6.07, 6.45) is 2.05. The summed E-state index contributed by atoms with van der Waals surface area (Å²) in [6.45, 7) is 9.54. The molecule has 1 aliphatic rings. The van der Waals surface area contributed by atoms with E-state index in [1.165, 1.54) is 5.56 Å². The van der Waals surface area contributed by atoms with Crippen molar-refractivity contribution < 1.29 is 14.6 Å². The van der Waals surface area contributed by atoms with E-state index >= 15 is 0 Å². The first kappa shape index (κ1) is 18.4. The van der Waals surface area contributed by atoms with Crippen molar-refractivity contribution in [2.75, 3.05) is 26.3 Å². The van der Waals surface area contributed by atoms with Crippen LogP contribution in [0.25, 0.3) is 0 Å². The van der Waals surface area contributed by atoms with E-state index in [1.807, 2.05) is 26.8 Å². The monoisotopic (exact) mass is 321 g/mol. The first-order chi connectivity index (χ1) is 10.9. The number of nitrogens with zero attached hydrogens (tertiary/aromatic N) is 1. The molecule has 0 spiro atoms. The molecule has 0 unspecified atom stereocenters. The van der Waals surface area contributed by atoms with Crippen LogP contribution in [-0.4, -0.2) is 54.1 Å². The van der Waals surface area contributed by atoms with Crippen molar-refractivity contribution in [2.24, 2.45) is 0 Å². The lowest BCUT2D eigenvalue weighted by atomic mass is 10.1. The minimum atomic E-state index is -0.487. The fraction of sp³-hybridized carbons (Fsp3) is 0.684. The quantitative estimate of drug-likeness (QED) is 0.799. The molecular formula is C19H31NO3. The lowest BCUT2D eigenvalue weighted by Crippen LogP contribution is -2.40. The van der Waals surface area contributed by atoms with Crippen molar-refractivity contribution in [3.63, 3.8) is 0 Å². The van der Waals surface area contributed by atoms with E-state index in [-0.39, 0.29) is 11.7 Å². The maximum atomic E-state index is 10.3. The van der Waals surface area contributed by atoms with Gasteiger partial charge in [-0.15, -0.1) is 0 Å². The van der Waals surface area contributed by atoms with E-state index in [1.54, 1.807) is 0 Å². The van der Waals surface area contributed by atoms with Crippen LogP contribution in [0.4, 0.5) is 0 Å². The fourth-order valence-electron chi connectivity index (χ4n) is 2.82. The average Bonchev–Trinajstić information content (AvgIpc) is 2.98. The van der Waals surface area contributed by atoms with Crippen molar-refractivity contribution in [3.8, 4) is 0 Å². The Labute approximate surface area is 140 Å². The zero-order valence-electron chi connectivity index (χ0n) is 14.7. The lowest BCUT2D eigenvalue weighted by Gasteiger charge is -2.29. The molecule has 0 aromatic heterocycles. The molecule has 1 aromatic rings. The Morgan fingerprint density at radius 3 is 2.65 bits per heavy atom. The minimum Gasteiger partial charge on any atom is -0.389 e. The van der Waals surface area contributed by atoms with Gasteiger partial charge in [-0.2, -0.15) is 0 Å². The van der Waals surface area contributed by atoms with Gasteiger partial charge in [0.05, 0.1) is 24.4 Å². The van der Waals surface area contributed by atoms with Gasteiger partial charge in [0.25, 0.3) is 0 Å². The first-order valence-electron chi connectivity index (χ1n) is 8.62. The van der Waals surface area contributed by atoms with Crippen LogP contribution in [0.1, 0.15) is 39.2 Å². The molecule has 4 nitrogen and oxygen atoms in total. The predicted molar refractivity (Wildman–Crippen MR) is 92.4 cm³/mol. The molecule has 1 aromatic carbocycles. The molecule has 0 radical (unpaired) electrons.